The van der Waals surface area contributed by atoms with E-state index in [1.807, 2.05) is 0 Å². The topological polar surface area (TPSA) is 0 Å². The molecular formula is C10H4ClF3. The van der Waals surface area contributed by atoms with E-state index in [1.165, 1.54) is 6.07 Å². The lowest BCUT2D eigenvalue weighted by Gasteiger charge is -1.89. The fourth-order valence-corrected chi connectivity index (χ4v) is 0.931. The zero-order valence-electron chi connectivity index (χ0n) is 6.82. The summed E-state index contributed by atoms with van der Waals surface area (Å²) in [5.74, 6) is 2.18. The quantitative estimate of drug-likeness (QED) is 0.579. The van der Waals surface area contributed by atoms with Crippen molar-refractivity contribution >= 4 is 11.6 Å². The minimum Gasteiger partial charge on any atom is -0.191 e. The van der Waals surface area contributed by atoms with E-state index < -0.39 is 11.9 Å². The first-order valence-electron chi connectivity index (χ1n) is 3.58. The van der Waals surface area contributed by atoms with Gasteiger partial charge in [-0.1, -0.05) is 23.6 Å². The molecule has 0 radical (unpaired) electrons. The number of hydrogen-bond acceptors (Lipinski definition) is 0. The van der Waals surface area contributed by atoms with Gasteiger partial charge in [-0.2, -0.15) is 13.2 Å². The molecule has 0 atom stereocenters. The first kappa shape index (κ1) is 10.7. The monoisotopic (exact) mass is 216 g/mol. The third-order valence-corrected chi connectivity index (χ3v) is 1.54. The predicted molar refractivity (Wildman–Crippen MR) is 48.7 cm³/mol. The van der Waals surface area contributed by atoms with Gasteiger partial charge in [-0.25, -0.2) is 0 Å². The van der Waals surface area contributed by atoms with Gasteiger partial charge in [0.05, 0.1) is 0 Å². The third kappa shape index (κ3) is 3.15. The Morgan fingerprint density at radius 2 is 1.93 bits per heavy atom. The minimum atomic E-state index is -2.42. The smallest absolute Gasteiger partial charge is 0.191 e. The number of hydrogen-bond donors (Lipinski definition) is 0. The van der Waals surface area contributed by atoms with Crippen molar-refractivity contribution < 1.29 is 13.2 Å². The molecule has 72 valence electrons. The average Bonchev–Trinajstić information content (AvgIpc) is 2.14. The molecule has 0 nitrogen and oxygen atoms in total. The first-order chi connectivity index (χ1) is 6.59. The first-order valence-corrected chi connectivity index (χ1v) is 3.96. The van der Waals surface area contributed by atoms with Crippen LogP contribution < -0.4 is 0 Å². The van der Waals surface area contributed by atoms with Crippen LogP contribution in [0.15, 0.2) is 36.2 Å². The van der Waals surface area contributed by atoms with Gasteiger partial charge < -0.3 is 0 Å². The van der Waals surface area contributed by atoms with Crippen LogP contribution in [-0.4, -0.2) is 0 Å². The highest BCUT2D eigenvalue weighted by Crippen LogP contribution is 2.11. The lowest BCUT2D eigenvalue weighted by molar-refractivity contribution is 0.389. The van der Waals surface area contributed by atoms with E-state index in [9.17, 15) is 13.2 Å². The lowest BCUT2D eigenvalue weighted by atomic mass is 10.2. The number of benzene rings is 1. The van der Waals surface area contributed by atoms with E-state index in [0.29, 0.717) is 10.6 Å². The maximum Gasteiger partial charge on any atom is 0.314 e. The summed E-state index contributed by atoms with van der Waals surface area (Å²) in [6.07, 6.45) is -2.42. The van der Waals surface area contributed by atoms with Gasteiger partial charge in [0.2, 0.25) is 5.83 Å². The van der Waals surface area contributed by atoms with Gasteiger partial charge in [0.15, 0.2) is 0 Å². The van der Waals surface area contributed by atoms with Gasteiger partial charge in [0.25, 0.3) is 0 Å². The van der Waals surface area contributed by atoms with E-state index in [4.69, 9.17) is 11.6 Å². The Balaban J connectivity index is 2.94. The summed E-state index contributed by atoms with van der Waals surface area (Å²) in [4.78, 5) is 0. The van der Waals surface area contributed by atoms with E-state index >= 15 is 0 Å². The number of allylic oxidation sites excluding steroid dienone is 1. The molecule has 0 aliphatic carbocycles. The second kappa shape index (κ2) is 4.73. The van der Waals surface area contributed by atoms with E-state index in [-0.39, 0.29) is 0 Å². The molecule has 0 fully saturated rings. The lowest BCUT2D eigenvalue weighted by Crippen LogP contribution is -1.74. The standard InChI is InChI=1S/C10H4ClF3/c11-8-3-1-2-7(6-8)4-5-9(12)10(13)14/h1-3,6H. The molecule has 0 bridgehead atoms. The van der Waals surface area contributed by atoms with Crippen molar-refractivity contribution in [3.05, 3.63) is 46.8 Å². The second-order valence-electron chi connectivity index (χ2n) is 2.33. The van der Waals surface area contributed by atoms with Gasteiger partial charge in [-0.15, -0.1) is 0 Å². The van der Waals surface area contributed by atoms with Crippen LogP contribution in [0.1, 0.15) is 5.56 Å². The largest absolute Gasteiger partial charge is 0.314 e. The molecule has 0 saturated heterocycles. The Morgan fingerprint density at radius 3 is 2.50 bits per heavy atom. The molecular weight excluding hydrogens is 213 g/mol. The normalized spacial score (nSPS) is 8.86. The van der Waals surface area contributed by atoms with Gasteiger partial charge in [-0.05, 0) is 24.1 Å². The Kier molecular flexibility index (Phi) is 3.61. The van der Waals surface area contributed by atoms with Crippen molar-refractivity contribution in [1.29, 1.82) is 0 Å². The van der Waals surface area contributed by atoms with Crippen molar-refractivity contribution in [3.63, 3.8) is 0 Å². The Labute approximate surface area is 84.0 Å². The summed E-state index contributed by atoms with van der Waals surface area (Å²) in [7, 11) is 0. The molecule has 1 rings (SSSR count). The summed E-state index contributed by atoms with van der Waals surface area (Å²) in [6, 6.07) is 6.20. The van der Waals surface area contributed by atoms with Crippen molar-refractivity contribution in [3.8, 4) is 11.8 Å². The van der Waals surface area contributed by atoms with Gasteiger partial charge in [0.1, 0.15) is 0 Å². The van der Waals surface area contributed by atoms with Crippen molar-refractivity contribution in [2.75, 3.05) is 0 Å². The molecule has 0 aliphatic heterocycles. The van der Waals surface area contributed by atoms with Crippen molar-refractivity contribution in [2.24, 2.45) is 0 Å². The average molecular weight is 217 g/mol. The SMILES string of the molecule is FC(F)=C(F)C#Cc1cccc(Cl)c1. The van der Waals surface area contributed by atoms with Crippen LogP contribution in [0.2, 0.25) is 5.02 Å². The van der Waals surface area contributed by atoms with Crippen molar-refractivity contribution in [2.45, 2.75) is 0 Å². The van der Waals surface area contributed by atoms with Crippen LogP contribution in [0.4, 0.5) is 13.2 Å². The van der Waals surface area contributed by atoms with Gasteiger partial charge >= 0.3 is 6.08 Å². The van der Waals surface area contributed by atoms with Crippen LogP contribution >= 0.6 is 11.6 Å². The van der Waals surface area contributed by atoms with Gasteiger partial charge in [0, 0.05) is 10.6 Å². The highest BCUT2D eigenvalue weighted by Gasteiger charge is 1.98. The van der Waals surface area contributed by atoms with E-state index in [0.717, 1.165) is 0 Å². The molecule has 1 aromatic rings. The fraction of sp³-hybridized carbons (Fsp3) is 0. The predicted octanol–water partition coefficient (Wildman–Crippen LogP) is 3.77. The zero-order chi connectivity index (χ0) is 10.6. The van der Waals surface area contributed by atoms with Crippen LogP contribution in [0, 0.1) is 11.8 Å². The van der Waals surface area contributed by atoms with E-state index in [2.05, 4.69) is 5.92 Å². The Bertz CT molecular complexity index is 422. The minimum absolute atomic E-state index is 0.383. The maximum absolute atomic E-state index is 12.2. The second-order valence-corrected chi connectivity index (χ2v) is 2.77. The molecule has 0 saturated carbocycles. The Morgan fingerprint density at radius 1 is 1.21 bits per heavy atom. The summed E-state index contributed by atoms with van der Waals surface area (Å²) in [6.45, 7) is 0. The molecule has 0 aromatic heterocycles. The fourth-order valence-electron chi connectivity index (χ4n) is 0.741. The van der Waals surface area contributed by atoms with Crippen LogP contribution in [0.3, 0.4) is 0 Å². The highest BCUT2D eigenvalue weighted by atomic mass is 35.5. The molecule has 0 unspecified atom stereocenters. The number of rotatable bonds is 0. The molecule has 0 amide bonds. The molecule has 0 aliphatic rings. The number of halogens is 4. The summed E-state index contributed by atoms with van der Waals surface area (Å²) >= 11 is 5.60. The van der Waals surface area contributed by atoms with Crippen LogP contribution in [0.5, 0.6) is 0 Å². The summed E-state index contributed by atoms with van der Waals surface area (Å²) in [5, 5.41) is 0.418. The van der Waals surface area contributed by atoms with Crippen LogP contribution in [-0.2, 0) is 0 Å². The third-order valence-electron chi connectivity index (χ3n) is 1.31. The van der Waals surface area contributed by atoms with Gasteiger partial charge in [-0.3, -0.25) is 0 Å². The van der Waals surface area contributed by atoms with Crippen molar-refractivity contribution in [1.82, 2.24) is 0 Å². The molecule has 4 heteroatoms. The maximum atomic E-state index is 12.2. The highest BCUT2D eigenvalue weighted by molar-refractivity contribution is 6.30. The summed E-state index contributed by atoms with van der Waals surface area (Å²) < 4.78 is 35.4. The molecule has 14 heavy (non-hydrogen) atoms. The Hall–Kier alpha value is -1.40. The zero-order valence-corrected chi connectivity index (χ0v) is 7.58. The molecule has 1 aromatic carbocycles. The van der Waals surface area contributed by atoms with Crippen LogP contribution in [0.25, 0.3) is 0 Å². The van der Waals surface area contributed by atoms with E-state index in [1.54, 1.807) is 24.1 Å². The molecule has 0 N–H and O–H groups in total. The molecule has 0 heterocycles. The molecule has 0 spiro atoms. The summed E-state index contributed by atoms with van der Waals surface area (Å²) in [5.41, 5.74) is 0.383.